The molecule has 0 aliphatic carbocycles. The first-order valence-corrected chi connectivity index (χ1v) is 4.99. The normalized spacial score (nSPS) is 9.40. The maximum absolute atomic E-state index is 11.4. The number of hydrogen-bond donors (Lipinski definition) is 1. The van der Waals surface area contributed by atoms with Crippen LogP contribution in [0.4, 0.5) is 0 Å². The van der Waals surface area contributed by atoms with Crippen molar-refractivity contribution in [2.75, 3.05) is 6.61 Å². The standard InChI is InChI=1S/C10H8BrNO3/c1-2-15-10(14)7-3-6(13)4-9(11)8(7)5-12/h3-4,13H,2H2,1H3. The molecule has 0 aliphatic rings. The van der Waals surface area contributed by atoms with Crippen molar-refractivity contribution in [3.05, 3.63) is 27.7 Å². The Labute approximate surface area is 95.2 Å². The number of nitriles is 1. The van der Waals surface area contributed by atoms with E-state index in [-0.39, 0.29) is 23.5 Å². The highest BCUT2D eigenvalue weighted by molar-refractivity contribution is 9.10. The van der Waals surface area contributed by atoms with Gasteiger partial charge in [0.25, 0.3) is 0 Å². The van der Waals surface area contributed by atoms with E-state index in [1.165, 1.54) is 12.1 Å². The molecule has 0 atom stereocenters. The average molecular weight is 270 g/mol. The number of aromatic hydroxyl groups is 1. The first-order chi connectivity index (χ1) is 7.10. The predicted octanol–water partition coefficient (Wildman–Crippen LogP) is 2.20. The lowest BCUT2D eigenvalue weighted by molar-refractivity contribution is 0.0525. The van der Waals surface area contributed by atoms with E-state index in [0.717, 1.165) is 0 Å². The van der Waals surface area contributed by atoms with Gasteiger partial charge in [-0.25, -0.2) is 4.79 Å². The lowest BCUT2D eigenvalue weighted by Gasteiger charge is -2.05. The molecule has 1 N–H and O–H groups in total. The third-order valence-corrected chi connectivity index (χ3v) is 2.31. The summed E-state index contributed by atoms with van der Waals surface area (Å²) in [6.07, 6.45) is 0. The topological polar surface area (TPSA) is 70.3 Å². The third kappa shape index (κ3) is 2.48. The summed E-state index contributed by atoms with van der Waals surface area (Å²) in [7, 11) is 0. The largest absolute Gasteiger partial charge is 0.508 e. The van der Waals surface area contributed by atoms with Crippen LogP contribution in [0.3, 0.4) is 0 Å². The molecule has 1 aromatic rings. The summed E-state index contributed by atoms with van der Waals surface area (Å²) >= 11 is 3.09. The van der Waals surface area contributed by atoms with Crippen LogP contribution in [0.25, 0.3) is 0 Å². The van der Waals surface area contributed by atoms with E-state index in [4.69, 9.17) is 10.00 Å². The molecule has 5 heteroatoms. The molecule has 78 valence electrons. The zero-order valence-corrected chi connectivity index (χ0v) is 9.54. The number of carbonyl (C=O) groups is 1. The number of ether oxygens (including phenoxy) is 1. The van der Waals surface area contributed by atoms with E-state index < -0.39 is 5.97 Å². The number of phenols is 1. The maximum Gasteiger partial charge on any atom is 0.339 e. The number of phenolic OH excluding ortho intramolecular Hbond substituents is 1. The number of benzene rings is 1. The predicted molar refractivity (Wildman–Crippen MR) is 56.5 cm³/mol. The Balaban J connectivity index is 3.28. The van der Waals surface area contributed by atoms with Crippen LogP contribution in [-0.2, 0) is 4.74 Å². The van der Waals surface area contributed by atoms with Crippen LogP contribution in [-0.4, -0.2) is 17.7 Å². The minimum Gasteiger partial charge on any atom is -0.508 e. The highest BCUT2D eigenvalue weighted by Crippen LogP contribution is 2.26. The zero-order chi connectivity index (χ0) is 11.4. The van der Waals surface area contributed by atoms with Crippen molar-refractivity contribution in [2.45, 2.75) is 6.92 Å². The number of rotatable bonds is 2. The van der Waals surface area contributed by atoms with Gasteiger partial charge < -0.3 is 9.84 Å². The van der Waals surface area contributed by atoms with Crippen LogP contribution in [0.2, 0.25) is 0 Å². The van der Waals surface area contributed by atoms with Crippen molar-refractivity contribution in [2.24, 2.45) is 0 Å². The Kier molecular flexibility index (Phi) is 3.69. The Morgan fingerprint density at radius 1 is 1.67 bits per heavy atom. The maximum atomic E-state index is 11.4. The van der Waals surface area contributed by atoms with E-state index in [1.54, 1.807) is 6.92 Å². The smallest absolute Gasteiger partial charge is 0.339 e. The number of halogens is 1. The SMILES string of the molecule is CCOC(=O)c1cc(O)cc(Br)c1C#N. The van der Waals surface area contributed by atoms with E-state index in [1.807, 2.05) is 6.07 Å². The summed E-state index contributed by atoms with van der Waals surface area (Å²) in [5.74, 6) is -0.713. The van der Waals surface area contributed by atoms with Gasteiger partial charge in [-0.2, -0.15) is 5.26 Å². The Bertz CT molecular complexity index is 437. The molecule has 1 rings (SSSR count). The molecule has 0 radical (unpaired) electrons. The molecule has 1 aromatic carbocycles. The Hall–Kier alpha value is -1.54. The van der Waals surface area contributed by atoms with Crippen molar-refractivity contribution < 1.29 is 14.6 Å². The van der Waals surface area contributed by atoms with E-state index in [2.05, 4.69) is 15.9 Å². The summed E-state index contributed by atoms with van der Waals surface area (Å²) < 4.78 is 5.13. The number of nitrogens with zero attached hydrogens (tertiary/aromatic N) is 1. The fourth-order valence-electron chi connectivity index (χ4n) is 1.08. The Morgan fingerprint density at radius 2 is 2.33 bits per heavy atom. The summed E-state index contributed by atoms with van der Waals surface area (Å²) in [4.78, 5) is 11.4. The molecule has 0 aliphatic heterocycles. The van der Waals surface area contributed by atoms with Crippen molar-refractivity contribution >= 4 is 21.9 Å². The van der Waals surface area contributed by atoms with Crippen molar-refractivity contribution in [1.29, 1.82) is 5.26 Å². The fourth-order valence-corrected chi connectivity index (χ4v) is 1.61. The minimum atomic E-state index is -0.620. The van der Waals surface area contributed by atoms with Crippen LogP contribution >= 0.6 is 15.9 Å². The van der Waals surface area contributed by atoms with Gasteiger partial charge in [-0.1, -0.05) is 0 Å². The van der Waals surface area contributed by atoms with E-state index in [0.29, 0.717) is 4.47 Å². The lowest BCUT2D eigenvalue weighted by Crippen LogP contribution is -2.07. The third-order valence-electron chi connectivity index (χ3n) is 1.68. The monoisotopic (exact) mass is 269 g/mol. The highest BCUT2D eigenvalue weighted by atomic mass is 79.9. The van der Waals surface area contributed by atoms with Gasteiger partial charge in [0.1, 0.15) is 11.8 Å². The molecule has 0 saturated carbocycles. The molecule has 4 nitrogen and oxygen atoms in total. The zero-order valence-electron chi connectivity index (χ0n) is 7.95. The summed E-state index contributed by atoms with van der Waals surface area (Å²) in [6.45, 7) is 1.89. The van der Waals surface area contributed by atoms with Crippen LogP contribution in [0.15, 0.2) is 16.6 Å². The number of esters is 1. The van der Waals surface area contributed by atoms with Crippen LogP contribution in [0, 0.1) is 11.3 Å². The molecule has 0 fully saturated rings. The van der Waals surface area contributed by atoms with Gasteiger partial charge in [0, 0.05) is 4.47 Å². The van der Waals surface area contributed by atoms with Crippen molar-refractivity contribution in [1.82, 2.24) is 0 Å². The van der Waals surface area contributed by atoms with Crippen molar-refractivity contribution in [3.8, 4) is 11.8 Å². The van der Waals surface area contributed by atoms with E-state index in [9.17, 15) is 9.90 Å². The second-order valence-corrected chi connectivity index (χ2v) is 3.54. The van der Waals surface area contributed by atoms with Gasteiger partial charge in [0.05, 0.1) is 17.7 Å². The lowest BCUT2D eigenvalue weighted by atomic mass is 10.1. The molecule has 0 amide bonds. The molecular formula is C10H8BrNO3. The van der Waals surface area contributed by atoms with Gasteiger partial charge in [-0.05, 0) is 35.0 Å². The summed E-state index contributed by atoms with van der Waals surface area (Å²) in [5, 5.41) is 18.1. The molecule has 0 heterocycles. The summed E-state index contributed by atoms with van der Waals surface area (Å²) in [6, 6.07) is 4.43. The van der Waals surface area contributed by atoms with Gasteiger partial charge in [-0.3, -0.25) is 0 Å². The number of carbonyl (C=O) groups excluding carboxylic acids is 1. The van der Waals surface area contributed by atoms with Gasteiger partial charge in [-0.15, -0.1) is 0 Å². The second kappa shape index (κ2) is 4.80. The second-order valence-electron chi connectivity index (χ2n) is 2.68. The first kappa shape index (κ1) is 11.5. The quantitative estimate of drug-likeness (QED) is 0.836. The van der Waals surface area contributed by atoms with Crippen LogP contribution in [0.5, 0.6) is 5.75 Å². The minimum absolute atomic E-state index is 0.0613. The molecule has 0 aromatic heterocycles. The molecule has 0 bridgehead atoms. The highest BCUT2D eigenvalue weighted by Gasteiger charge is 2.16. The number of hydrogen-bond acceptors (Lipinski definition) is 4. The van der Waals surface area contributed by atoms with Crippen molar-refractivity contribution in [3.63, 3.8) is 0 Å². The van der Waals surface area contributed by atoms with Crippen LogP contribution < -0.4 is 0 Å². The van der Waals surface area contributed by atoms with Gasteiger partial charge in [0.15, 0.2) is 0 Å². The van der Waals surface area contributed by atoms with Gasteiger partial charge >= 0.3 is 5.97 Å². The molecule has 0 spiro atoms. The Morgan fingerprint density at radius 3 is 2.87 bits per heavy atom. The molecule has 0 unspecified atom stereocenters. The summed E-state index contributed by atoms with van der Waals surface area (Å²) in [5.41, 5.74) is 0.220. The average Bonchev–Trinajstić information content (AvgIpc) is 2.17. The molecule has 15 heavy (non-hydrogen) atoms. The van der Waals surface area contributed by atoms with E-state index >= 15 is 0 Å². The van der Waals surface area contributed by atoms with Crippen LogP contribution in [0.1, 0.15) is 22.8 Å². The first-order valence-electron chi connectivity index (χ1n) is 4.19. The van der Waals surface area contributed by atoms with Gasteiger partial charge in [0.2, 0.25) is 0 Å². The molecular weight excluding hydrogens is 262 g/mol. The fraction of sp³-hybridized carbons (Fsp3) is 0.200. The molecule has 0 saturated heterocycles.